The van der Waals surface area contributed by atoms with Crippen LogP contribution in [0.4, 0.5) is 0 Å². The molecule has 148 valence electrons. The quantitative estimate of drug-likeness (QED) is 0.383. The van der Waals surface area contributed by atoms with Crippen molar-refractivity contribution in [3.05, 3.63) is 67.6 Å². The molecule has 0 aliphatic carbocycles. The highest BCUT2D eigenvalue weighted by Crippen LogP contribution is 2.22. The molecule has 0 bridgehead atoms. The van der Waals surface area contributed by atoms with Crippen molar-refractivity contribution in [2.45, 2.75) is 13.8 Å². The van der Waals surface area contributed by atoms with Crippen LogP contribution in [0.2, 0.25) is 0 Å². The Bertz CT molecular complexity index is 836. The molecule has 0 unspecified atom stereocenters. The van der Waals surface area contributed by atoms with Gasteiger partial charge in [-0.15, -0.1) is 0 Å². The second-order valence-corrected chi connectivity index (χ2v) is 8.50. The molecule has 2 amide bonds. The highest BCUT2D eigenvalue weighted by atomic mass is 79.9. The third kappa shape index (κ3) is 6.76. The van der Waals surface area contributed by atoms with E-state index >= 15 is 0 Å². The van der Waals surface area contributed by atoms with Crippen molar-refractivity contribution in [1.29, 1.82) is 0 Å². The van der Waals surface area contributed by atoms with Crippen molar-refractivity contribution in [3.8, 4) is 0 Å². The van der Waals surface area contributed by atoms with Crippen LogP contribution in [-0.4, -0.2) is 25.3 Å². The minimum absolute atomic E-state index is 0.288. The summed E-state index contributed by atoms with van der Waals surface area (Å²) >= 11 is 6.66. The van der Waals surface area contributed by atoms with Crippen LogP contribution >= 0.6 is 40.1 Å². The molecule has 2 rings (SSSR count). The second-order valence-electron chi connectivity index (χ2n) is 5.70. The molecule has 2 aromatic carbocycles. The first-order chi connectivity index (χ1) is 13.3. The van der Waals surface area contributed by atoms with Gasteiger partial charge in [-0.1, -0.05) is 40.9 Å². The summed E-state index contributed by atoms with van der Waals surface area (Å²) in [5.74, 6) is -0.708. The lowest BCUT2D eigenvalue weighted by molar-refractivity contribution is 0.0901. The van der Waals surface area contributed by atoms with Gasteiger partial charge in [0.15, 0.2) is 13.5 Å². The van der Waals surface area contributed by atoms with Gasteiger partial charge in [-0.3, -0.25) is 9.59 Å². The molecule has 0 spiro atoms. The standard InChI is InChI=1S/C18H17Br2N2O5P/c1-11-7-13(19)3-5-15(11)17(23)21-9-26-28(25)27-10-22-18(24)16-6-4-14(20)8-12(16)2/h3-8H,9-10H2,1-2H3,(H-,21,22,23,24)/p+1. The largest absolute Gasteiger partial charge is 0.701 e. The molecule has 0 fully saturated rings. The Labute approximate surface area is 180 Å². The van der Waals surface area contributed by atoms with E-state index in [9.17, 15) is 14.2 Å². The van der Waals surface area contributed by atoms with Crippen molar-refractivity contribution >= 4 is 51.9 Å². The van der Waals surface area contributed by atoms with Gasteiger partial charge in [0.1, 0.15) is 0 Å². The van der Waals surface area contributed by atoms with Crippen LogP contribution in [-0.2, 0) is 13.6 Å². The number of benzene rings is 2. The Hall–Kier alpha value is -1.64. The van der Waals surface area contributed by atoms with Gasteiger partial charge < -0.3 is 10.6 Å². The average molecular weight is 533 g/mol. The number of hydrogen-bond donors (Lipinski definition) is 2. The predicted molar refractivity (Wildman–Crippen MR) is 112 cm³/mol. The van der Waals surface area contributed by atoms with Crippen molar-refractivity contribution in [2.24, 2.45) is 0 Å². The second kappa shape index (κ2) is 10.8. The molecule has 0 atom stereocenters. The topological polar surface area (TPSA) is 93.7 Å². The average Bonchev–Trinajstić information content (AvgIpc) is 2.61. The van der Waals surface area contributed by atoms with Gasteiger partial charge in [0.2, 0.25) is 0 Å². The van der Waals surface area contributed by atoms with Crippen LogP contribution in [0, 0.1) is 13.8 Å². The summed E-state index contributed by atoms with van der Waals surface area (Å²) in [6.07, 6.45) is 0. The number of aryl methyl sites for hydroxylation is 2. The lowest BCUT2D eigenvalue weighted by Gasteiger charge is -2.06. The zero-order chi connectivity index (χ0) is 20.7. The molecule has 0 aliphatic heterocycles. The SMILES string of the molecule is Cc1cc(Br)ccc1C(=O)NCO[P+](=O)OCNC(=O)c1ccc(Br)cc1C. The maximum atomic E-state index is 12.1. The number of rotatable bonds is 8. The molecule has 2 N–H and O–H groups in total. The fourth-order valence-electron chi connectivity index (χ4n) is 2.29. The van der Waals surface area contributed by atoms with Crippen LogP contribution in [0.25, 0.3) is 0 Å². The Balaban J connectivity index is 1.71. The first-order valence-corrected chi connectivity index (χ1v) is 10.8. The van der Waals surface area contributed by atoms with E-state index in [1.165, 1.54) is 0 Å². The highest BCUT2D eigenvalue weighted by molar-refractivity contribution is 9.10. The number of carbonyl (C=O) groups excluding carboxylic acids is 2. The fraction of sp³-hybridized carbons (Fsp3) is 0.222. The van der Waals surface area contributed by atoms with Gasteiger partial charge >= 0.3 is 8.25 Å². The van der Waals surface area contributed by atoms with Crippen LogP contribution in [0.1, 0.15) is 31.8 Å². The Morgan fingerprint density at radius 3 is 1.61 bits per heavy atom. The van der Waals surface area contributed by atoms with Crippen LogP contribution in [0.15, 0.2) is 45.3 Å². The third-order valence-electron chi connectivity index (χ3n) is 3.67. The Morgan fingerprint density at radius 2 is 1.25 bits per heavy atom. The van der Waals surface area contributed by atoms with E-state index in [2.05, 4.69) is 42.5 Å². The lowest BCUT2D eigenvalue weighted by Crippen LogP contribution is -2.27. The summed E-state index contributed by atoms with van der Waals surface area (Å²) in [7, 11) is -2.50. The third-order valence-corrected chi connectivity index (χ3v) is 5.34. The lowest BCUT2D eigenvalue weighted by atomic mass is 10.1. The molecule has 0 aromatic heterocycles. The minimum atomic E-state index is -2.50. The Morgan fingerprint density at radius 1 is 0.857 bits per heavy atom. The maximum Gasteiger partial charge on any atom is 0.701 e. The predicted octanol–water partition coefficient (Wildman–Crippen LogP) is 4.59. The monoisotopic (exact) mass is 531 g/mol. The van der Waals surface area contributed by atoms with Crippen molar-refractivity contribution in [2.75, 3.05) is 13.5 Å². The summed E-state index contributed by atoms with van der Waals surface area (Å²) in [6.45, 7) is 3.03. The van der Waals surface area contributed by atoms with E-state index in [0.29, 0.717) is 11.1 Å². The van der Waals surface area contributed by atoms with Crippen LogP contribution in [0.3, 0.4) is 0 Å². The zero-order valence-corrected chi connectivity index (χ0v) is 19.2. The summed E-state index contributed by atoms with van der Waals surface area (Å²) in [6, 6.07) is 10.5. The first-order valence-electron chi connectivity index (χ1n) is 8.09. The molecular formula is C18H18Br2N2O5P+. The molecule has 10 heteroatoms. The van der Waals surface area contributed by atoms with Gasteiger partial charge in [-0.2, -0.15) is 0 Å². The summed E-state index contributed by atoms with van der Waals surface area (Å²) in [5.41, 5.74) is 2.55. The molecular weight excluding hydrogens is 515 g/mol. The highest BCUT2D eigenvalue weighted by Gasteiger charge is 2.22. The number of nitrogens with one attached hydrogen (secondary N) is 2. The van der Waals surface area contributed by atoms with Gasteiger partial charge in [-0.25, -0.2) is 0 Å². The van der Waals surface area contributed by atoms with Crippen LogP contribution in [0.5, 0.6) is 0 Å². The van der Waals surface area contributed by atoms with E-state index in [1.807, 2.05) is 12.1 Å². The van der Waals surface area contributed by atoms with Gasteiger partial charge in [-0.05, 0) is 61.4 Å². The van der Waals surface area contributed by atoms with Gasteiger partial charge in [0.25, 0.3) is 11.8 Å². The van der Waals surface area contributed by atoms with E-state index in [-0.39, 0.29) is 25.3 Å². The number of hydrogen-bond acceptors (Lipinski definition) is 5. The summed E-state index contributed by atoms with van der Waals surface area (Å²) < 4.78 is 23.3. The number of amides is 2. The van der Waals surface area contributed by atoms with Crippen LogP contribution < -0.4 is 10.6 Å². The maximum absolute atomic E-state index is 12.1. The van der Waals surface area contributed by atoms with Gasteiger partial charge in [0.05, 0.1) is 0 Å². The molecule has 0 aliphatic rings. The minimum Gasteiger partial charge on any atom is -0.325 e. The molecule has 2 aromatic rings. The number of carbonyl (C=O) groups is 2. The van der Waals surface area contributed by atoms with E-state index in [1.54, 1.807) is 38.1 Å². The van der Waals surface area contributed by atoms with Crippen molar-refractivity contribution in [3.63, 3.8) is 0 Å². The van der Waals surface area contributed by atoms with Crippen molar-refractivity contribution in [1.82, 2.24) is 10.6 Å². The molecule has 0 heterocycles. The molecule has 0 radical (unpaired) electrons. The van der Waals surface area contributed by atoms with Crippen molar-refractivity contribution < 1.29 is 23.2 Å². The smallest absolute Gasteiger partial charge is 0.325 e. The number of halogens is 2. The van der Waals surface area contributed by atoms with E-state index < -0.39 is 8.25 Å². The molecule has 28 heavy (non-hydrogen) atoms. The zero-order valence-electron chi connectivity index (χ0n) is 15.1. The van der Waals surface area contributed by atoms with E-state index in [4.69, 9.17) is 9.05 Å². The summed E-state index contributed by atoms with van der Waals surface area (Å²) in [4.78, 5) is 24.1. The van der Waals surface area contributed by atoms with E-state index in [0.717, 1.165) is 20.1 Å². The molecule has 7 nitrogen and oxygen atoms in total. The Kier molecular flexibility index (Phi) is 8.72. The first kappa shape index (κ1) is 22.6. The molecule has 0 saturated heterocycles. The normalized spacial score (nSPS) is 10.4. The van der Waals surface area contributed by atoms with Gasteiger partial charge in [0, 0.05) is 24.6 Å². The molecule has 0 saturated carbocycles. The fourth-order valence-corrected chi connectivity index (χ4v) is 3.66. The summed E-state index contributed by atoms with van der Waals surface area (Å²) in [5, 5.41) is 4.99.